The van der Waals surface area contributed by atoms with Crippen LogP contribution in [0.3, 0.4) is 0 Å². The first-order valence-corrected chi connectivity index (χ1v) is 11.0. The second-order valence-electron chi connectivity index (χ2n) is 8.58. The Bertz CT molecular complexity index is 1260. The molecule has 5 rings (SSSR count). The van der Waals surface area contributed by atoms with E-state index in [0.717, 1.165) is 36.1 Å². The van der Waals surface area contributed by atoms with E-state index in [2.05, 4.69) is 10.2 Å². The molecule has 1 saturated heterocycles. The molecule has 0 atom stereocenters. The normalized spacial score (nSPS) is 16.2. The predicted molar refractivity (Wildman–Crippen MR) is 121 cm³/mol. The third kappa shape index (κ3) is 4.55. The molecule has 2 aromatic heterocycles. The van der Waals surface area contributed by atoms with Gasteiger partial charge in [0.15, 0.2) is 5.76 Å². The molecule has 6 nitrogen and oxygen atoms in total. The second kappa shape index (κ2) is 8.84. The number of benzene rings is 2. The number of fused-ring (bicyclic) bond motifs is 1. The molecule has 33 heavy (non-hydrogen) atoms. The summed E-state index contributed by atoms with van der Waals surface area (Å²) in [4.78, 5) is 14.8. The zero-order chi connectivity index (χ0) is 22.8. The third-order valence-corrected chi connectivity index (χ3v) is 6.34. The van der Waals surface area contributed by atoms with Crippen LogP contribution >= 0.6 is 0 Å². The molecule has 170 valence electrons. The minimum Gasteiger partial charge on any atom is -0.472 e. The number of hydrogen-bond donors (Lipinski definition) is 2. The lowest BCUT2D eigenvalue weighted by molar-refractivity contribution is -0.0276. The van der Waals surface area contributed by atoms with E-state index in [9.17, 15) is 14.3 Å². The summed E-state index contributed by atoms with van der Waals surface area (Å²) in [7, 11) is 0. The highest BCUT2D eigenvalue weighted by Gasteiger charge is 2.34. The highest BCUT2D eigenvalue weighted by atomic mass is 19.1. The van der Waals surface area contributed by atoms with Crippen molar-refractivity contribution < 1.29 is 23.1 Å². The molecule has 2 N–H and O–H groups in total. The lowest BCUT2D eigenvalue weighted by atomic mass is 9.84. The van der Waals surface area contributed by atoms with E-state index in [-0.39, 0.29) is 18.1 Å². The molecule has 1 amide bonds. The molecule has 0 spiro atoms. The van der Waals surface area contributed by atoms with Crippen molar-refractivity contribution in [3.8, 4) is 0 Å². The Balaban J connectivity index is 1.26. The predicted octanol–water partition coefficient (Wildman–Crippen LogP) is 4.58. The number of likely N-dealkylation sites (tertiary alicyclic amines) is 1. The molecule has 1 aliphatic rings. The largest absolute Gasteiger partial charge is 0.472 e. The first-order chi connectivity index (χ1) is 16.0. The van der Waals surface area contributed by atoms with Crippen LogP contribution in [-0.2, 0) is 18.7 Å². The quantitative estimate of drug-likeness (QED) is 0.452. The van der Waals surface area contributed by atoms with Crippen molar-refractivity contribution in [1.29, 1.82) is 0 Å². The first-order valence-electron chi connectivity index (χ1n) is 11.0. The highest BCUT2D eigenvalue weighted by molar-refractivity contribution is 5.96. The average molecular weight is 448 g/mol. The molecule has 2 aromatic carbocycles. The number of carbonyl (C=O) groups is 1. The van der Waals surface area contributed by atoms with Gasteiger partial charge in [0.1, 0.15) is 11.4 Å². The van der Waals surface area contributed by atoms with Crippen molar-refractivity contribution in [1.82, 2.24) is 10.2 Å². The van der Waals surface area contributed by atoms with E-state index in [1.54, 1.807) is 42.9 Å². The monoisotopic (exact) mass is 448 g/mol. The van der Waals surface area contributed by atoms with Gasteiger partial charge < -0.3 is 19.3 Å². The second-order valence-corrected chi connectivity index (χ2v) is 8.58. The number of furan rings is 2. The van der Waals surface area contributed by atoms with Crippen LogP contribution in [0, 0.1) is 5.82 Å². The zero-order valence-corrected chi connectivity index (χ0v) is 18.1. The SMILES string of the molecule is O=C(NCc1ccccc1F)c1cc2cc(C3(O)CCN(Cc4ccoc4)CC3)ccc2o1. The number of carbonyl (C=O) groups excluding carboxylic acids is 1. The van der Waals surface area contributed by atoms with Gasteiger partial charge in [-0.2, -0.15) is 0 Å². The fourth-order valence-corrected chi connectivity index (χ4v) is 4.36. The van der Waals surface area contributed by atoms with Gasteiger partial charge in [-0.25, -0.2) is 4.39 Å². The lowest BCUT2D eigenvalue weighted by Crippen LogP contribution is -2.42. The van der Waals surface area contributed by atoms with Crippen LogP contribution in [0.1, 0.15) is 40.1 Å². The Labute approximate surface area is 190 Å². The molecule has 1 aliphatic heterocycles. The van der Waals surface area contributed by atoms with Gasteiger partial charge >= 0.3 is 0 Å². The summed E-state index contributed by atoms with van der Waals surface area (Å²) in [6, 6.07) is 15.5. The fourth-order valence-electron chi connectivity index (χ4n) is 4.36. The molecule has 3 heterocycles. The maximum Gasteiger partial charge on any atom is 0.287 e. The minimum atomic E-state index is -0.925. The number of amides is 1. The average Bonchev–Trinajstić information content (AvgIpc) is 3.49. The van der Waals surface area contributed by atoms with E-state index >= 15 is 0 Å². The van der Waals surface area contributed by atoms with E-state index in [4.69, 9.17) is 8.83 Å². The van der Waals surface area contributed by atoms with Crippen LogP contribution in [0.15, 0.2) is 76.0 Å². The highest BCUT2D eigenvalue weighted by Crippen LogP contribution is 2.35. The number of nitrogens with one attached hydrogen (secondary N) is 1. The van der Waals surface area contributed by atoms with Crippen molar-refractivity contribution in [3.05, 3.63) is 95.4 Å². The van der Waals surface area contributed by atoms with Crippen molar-refractivity contribution in [2.24, 2.45) is 0 Å². The lowest BCUT2D eigenvalue weighted by Gasteiger charge is -2.38. The van der Waals surface area contributed by atoms with Gasteiger partial charge in [-0.05, 0) is 48.7 Å². The van der Waals surface area contributed by atoms with Gasteiger partial charge in [0.05, 0.1) is 18.1 Å². The van der Waals surface area contributed by atoms with Gasteiger partial charge in [-0.3, -0.25) is 9.69 Å². The van der Waals surface area contributed by atoms with Gasteiger partial charge in [-0.15, -0.1) is 0 Å². The van der Waals surface area contributed by atoms with Crippen LogP contribution in [0.2, 0.25) is 0 Å². The number of piperidine rings is 1. The van der Waals surface area contributed by atoms with E-state index in [0.29, 0.717) is 24.0 Å². The van der Waals surface area contributed by atoms with E-state index in [1.165, 1.54) is 6.07 Å². The number of hydrogen-bond acceptors (Lipinski definition) is 5. The molecular formula is C26H25FN2O4. The molecule has 0 unspecified atom stereocenters. The minimum absolute atomic E-state index is 0.0723. The molecule has 4 aromatic rings. The summed E-state index contributed by atoms with van der Waals surface area (Å²) in [5.74, 6) is -0.626. The number of nitrogens with zero attached hydrogens (tertiary/aromatic N) is 1. The first kappa shape index (κ1) is 21.4. The molecule has 7 heteroatoms. The van der Waals surface area contributed by atoms with Gasteiger partial charge in [0, 0.05) is 42.7 Å². The summed E-state index contributed by atoms with van der Waals surface area (Å²) in [5.41, 5.74) is 1.99. The smallest absolute Gasteiger partial charge is 0.287 e. The molecule has 0 radical (unpaired) electrons. The standard InChI is InChI=1S/C26H25FN2O4/c27-22-4-2-1-3-19(22)15-28-25(30)24-14-20-13-21(5-6-23(20)33-24)26(31)8-10-29(11-9-26)16-18-7-12-32-17-18/h1-7,12-14,17,31H,8-11,15-16H2,(H,28,30). The summed E-state index contributed by atoms with van der Waals surface area (Å²) < 4.78 is 24.6. The Morgan fingerprint density at radius 1 is 1.12 bits per heavy atom. The maximum atomic E-state index is 13.8. The summed E-state index contributed by atoms with van der Waals surface area (Å²) in [6.45, 7) is 2.42. The van der Waals surface area contributed by atoms with Crippen molar-refractivity contribution in [2.75, 3.05) is 13.1 Å². The maximum absolute atomic E-state index is 13.8. The molecule has 0 bridgehead atoms. The molecule has 1 fully saturated rings. The summed E-state index contributed by atoms with van der Waals surface area (Å²) in [6.07, 6.45) is 4.65. The number of rotatable bonds is 6. The Morgan fingerprint density at radius 2 is 1.94 bits per heavy atom. The van der Waals surface area contributed by atoms with Crippen LogP contribution in [0.5, 0.6) is 0 Å². The van der Waals surface area contributed by atoms with Crippen molar-refractivity contribution in [3.63, 3.8) is 0 Å². The number of aliphatic hydroxyl groups is 1. The Hall–Kier alpha value is -3.42. The Morgan fingerprint density at radius 3 is 2.70 bits per heavy atom. The number of halogens is 1. The fraction of sp³-hybridized carbons (Fsp3) is 0.269. The third-order valence-electron chi connectivity index (χ3n) is 6.34. The molecule has 0 aliphatic carbocycles. The molecular weight excluding hydrogens is 423 g/mol. The summed E-state index contributed by atoms with van der Waals surface area (Å²) in [5, 5.41) is 14.7. The van der Waals surface area contributed by atoms with Gasteiger partial charge in [0.2, 0.25) is 0 Å². The Kier molecular flexibility index (Phi) is 5.74. The van der Waals surface area contributed by atoms with Crippen LogP contribution in [-0.4, -0.2) is 29.0 Å². The van der Waals surface area contributed by atoms with Gasteiger partial charge in [-0.1, -0.05) is 24.3 Å². The topological polar surface area (TPSA) is 78.9 Å². The van der Waals surface area contributed by atoms with Crippen molar-refractivity contribution in [2.45, 2.75) is 31.5 Å². The van der Waals surface area contributed by atoms with Crippen molar-refractivity contribution >= 4 is 16.9 Å². The van der Waals surface area contributed by atoms with Crippen LogP contribution in [0.4, 0.5) is 4.39 Å². The van der Waals surface area contributed by atoms with Gasteiger partial charge in [0.25, 0.3) is 5.91 Å². The zero-order valence-electron chi connectivity index (χ0n) is 18.1. The summed E-state index contributed by atoms with van der Waals surface area (Å²) >= 11 is 0. The molecule has 0 saturated carbocycles. The van der Waals surface area contributed by atoms with E-state index in [1.807, 2.05) is 18.2 Å². The van der Waals surface area contributed by atoms with E-state index < -0.39 is 11.5 Å². The van der Waals surface area contributed by atoms with Crippen LogP contribution < -0.4 is 5.32 Å². The van der Waals surface area contributed by atoms with Crippen LogP contribution in [0.25, 0.3) is 11.0 Å².